The van der Waals surface area contributed by atoms with Gasteiger partial charge in [0.1, 0.15) is 0 Å². The Bertz CT molecular complexity index is 367. The number of rotatable bonds is 9. The third-order valence-electron chi connectivity index (χ3n) is 2.17. The number of unbranched alkanes of at least 4 members (excludes halogenated alkanes) is 1. The number of carbonyl (C=O) groups excluding carboxylic acids is 2. The zero-order valence-corrected chi connectivity index (χ0v) is 11.6. The van der Waals surface area contributed by atoms with Crippen molar-refractivity contribution in [3.8, 4) is 0 Å². The minimum Gasteiger partial charge on any atom is -0.463 e. The van der Waals surface area contributed by atoms with Crippen LogP contribution in [0, 0.1) is 0 Å². The van der Waals surface area contributed by atoms with Gasteiger partial charge in [-0.3, -0.25) is 0 Å². The van der Waals surface area contributed by atoms with Gasteiger partial charge in [-0.25, -0.2) is 9.59 Å². The van der Waals surface area contributed by atoms with Crippen molar-refractivity contribution in [3.05, 3.63) is 12.2 Å². The van der Waals surface area contributed by atoms with E-state index in [0.29, 0.717) is 6.08 Å². The highest BCUT2D eigenvalue weighted by Gasteiger charge is 2.28. The number of ether oxygens (including phenoxy) is 2. The van der Waals surface area contributed by atoms with Crippen LogP contribution in [0.1, 0.15) is 32.6 Å². The van der Waals surface area contributed by atoms with E-state index in [1.165, 1.54) is 0 Å². The number of carbonyl (C=O) groups is 2. The summed E-state index contributed by atoms with van der Waals surface area (Å²) >= 11 is 0. The topological polar surface area (TPSA) is 154 Å². The lowest BCUT2D eigenvalue weighted by molar-refractivity contribution is -0.325. The van der Waals surface area contributed by atoms with Gasteiger partial charge in [0.25, 0.3) is 5.97 Å². The summed E-state index contributed by atoms with van der Waals surface area (Å²) in [4.78, 5) is 22.1. The van der Waals surface area contributed by atoms with E-state index in [1.54, 1.807) is 6.92 Å². The highest BCUT2D eigenvalue weighted by atomic mass is 16.8. The second-order valence-corrected chi connectivity index (χ2v) is 4.23. The predicted molar refractivity (Wildman–Crippen MR) is 66.9 cm³/mol. The van der Waals surface area contributed by atoms with Crippen molar-refractivity contribution < 1.29 is 44.6 Å². The van der Waals surface area contributed by atoms with Crippen LogP contribution in [0.4, 0.5) is 0 Å². The molecule has 0 aromatic heterocycles. The van der Waals surface area contributed by atoms with E-state index >= 15 is 0 Å². The maximum absolute atomic E-state index is 11.2. The van der Waals surface area contributed by atoms with Gasteiger partial charge in [0.2, 0.25) is 0 Å². The van der Waals surface area contributed by atoms with Crippen LogP contribution in [0.3, 0.4) is 0 Å². The molecule has 0 aliphatic rings. The summed E-state index contributed by atoms with van der Waals surface area (Å²) in [6, 6.07) is 0. The first-order chi connectivity index (χ1) is 9.56. The van der Waals surface area contributed by atoms with Gasteiger partial charge in [0.05, 0.1) is 6.61 Å². The van der Waals surface area contributed by atoms with Crippen molar-refractivity contribution in [1.29, 1.82) is 0 Å². The molecule has 0 saturated heterocycles. The van der Waals surface area contributed by atoms with E-state index in [-0.39, 0.29) is 19.4 Å². The number of esters is 2. The van der Waals surface area contributed by atoms with Gasteiger partial charge in [-0.2, -0.15) is 0 Å². The van der Waals surface area contributed by atoms with Crippen LogP contribution >= 0.6 is 0 Å². The summed E-state index contributed by atoms with van der Waals surface area (Å²) in [6.45, 7) is 1.71. The fraction of sp³-hybridized carbons (Fsp3) is 0.667. The van der Waals surface area contributed by atoms with E-state index in [4.69, 9.17) is 15.3 Å². The molecule has 0 atom stereocenters. The SMILES string of the molecule is CCOC(=O)/C=C/C(=O)OC(O)(O)CCCCC(O)(O)O. The van der Waals surface area contributed by atoms with E-state index in [2.05, 4.69) is 9.47 Å². The molecule has 5 N–H and O–H groups in total. The van der Waals surface area contributed by atoms with Crippen LogP contribution in [0.2, 0.25) is 0 Å². The summed E-state index contributed by atoms with van der Waals surface area (Å²) in [5.41, 5.74) is 0. The Balaban J connectivity index is 4.10. The molecule has 0 aliphatic heterocycles. The molecule has 9 nitrogen and oxygen atoms in total. The van der Waals surface area contributed by atoms with Crippen molar-refractivity contribution in [2.45, 2.75) is 44.6 Å². The van der Waals surface area contributed by atoms with E-state index in [0.717, 1.165) is 6.08 Å². The zero-order valence-electron chi connectivity index (χ0n) is 11.6. The third kappa shape index (κ3) is 12.0. The van der Waals surface area contributed by atoms with E-state index in [9.17, 15) is 19.8 Å². The molecule has 0 aliphatic carbocycles. The van der Waals surface area contributed by atoms with Crippen LogP contribution < -0.4 is 0 Å². The molecule has 0 unspecified atom stereocenters. The minimum absolute atomic E-state index is 0.0330. The standard InChI is InChI=1S/C12H20O9/c1-2-20-9(13)5-6-10(14)21-12(18,19)8-4-3-7-11(15,16)17/h5-6,15-19H,2-4,7-8H2,1H3/b6-5+. The summed E-state index contributed by atoms with van der Waals surface area (Å²) in [5, 5.41) is 44.5. The first-order valence-corrected chi connectivity index (χ1v) is 6.25. The lowest BCUT2D eigenvalue weighted by atomic mass is 10.1. The van der Waals surface area contributed by atoms with Crippen LogP contribution in [0.5, 0.6) is 0 Å². The summed E-state index contributed by atoms with van der Waals surface area (Å²) in [6.07, 6.45) is 0.717. The first kappa shape index (κ1) is 19.5. The molecule has 122 valence electrons. The predicted octanol–water partition coefficient (Wildman–Crippen LogP) is -1.52. The van der Waals surface area contributed by atoms with Crippen molar-refractivity contribution in [2.75, 3.05) is 6.61 Å². The van der Waals surface area contributed by atoms with Gasteiger partial charge in [-0.05, 0) is 19.8 Å². The van der Waals surface area contributed by atoms with E-state index < -0.39 is 36.7 Å². The Morgan fingerprint density at radius 1 is 0.952 bits per heavy atom. The molecular weight excluding hydrogens is 288 g/mol. The summed E-state index contributed by atoms with van der Waals surface area (Å²) in [7, 11) is 0. The Hall–Kier alpha value is -1.52. The average Bonchev–Trinajstić information content (AvgIpc) is 2.31. The summed E-state index contributed by atoms with van der Waals surface area (Å²) in [5.74, 6) is -7.53. The smallest absolute Gasteiger partial charge is 0.335 e. The van der Waals surface area contributed by atoms with Crippen LogP contribution in [0.15, 0.2) is 12.2 Å². The molecular formula is C12H20O9. The lowest BCUT2D eigenvalue weighted by Gasteiger charge is -2.21. The Morgan fingerprint density at radius 2 is 1.48 bits per heavy atom. The second kappa shape index (κ2) is 8.70. The number of hydrogen-bond donors (Lipinski definition) is 5. The molecule has 0 aromatic rings. The maximum atomic E-state index is 11.2. The average molecular weight is 308 g/mol. The molecule has 0 amide bonds. The van der Waals surface area contributed by atoms with Gasteiger partial charge in [-0.15, -0.1) is 0 Å². The highest BCUT2D eigenvalue weighted by Crippen LogP contribution is 2.16. The van der Waals surface area contributed by atoms with Crippen LogP contribution in [-0.2, 0) is 19.1 Å². The van der Waals surface area contributed by atoms with E-state index in [1.807, 2.05) is 0 Å². The van der Waals surface area contributed by atoms with Crippen LogP contribution in [0.25, 0.3) is 0 Å². The quantitative estimate of drug-likeness (QED) is 0.148. The highest BCUT2D eigenvalue weighted by molar-refractivity contribution is 5.91. The molecule has 0 fully saturated rings. The molecule has 21 heavy (non-hydrogen) atoms. The first-order valence-electron chi connectivity index (χ1n) is 6.25. The molecule has 0 heterocycles. The largest absolute Gasteiger partial charge is 0.463 e. The normalized spacial score (nSPS) is 12.5. The van der Waals surface area contributed by atoms with Gasteiger partial charge >= 0.3 is 17.9 Å². The van der Waals surface area contributed by atoms with Gasteiger partial charge in [-0.1, -0.05) is 0 Å². The fourth-order valence-corrected chi connectivity index (χ4v) is 1.29. The summed E-state index contributed by atoms with van der Waals surface area (Å²) < 4.78 is 8.79. The zero-order chi connectivity index (χ0) is 16.5. The lowest BCUT2D eigenvalue weighted by Crippen LogP contribution is -2.34. The molecule has 0 bridgehead atoms. The molecule has 0 rings (SSSR count). The Labute approximate surface area is 121 Å². The van der Waals surface area contributed by atoms with Gasteiger partial charge in [0, 0.05) is 25.0 Å². The Kier molecular flexibility index (Phi) is 8.07. The number of aliphatic hydroxyl groups is 5. The van der Waals surface area contributed by atoms with Gasteiger partial charge < -0.3 is 35.0 Å². The number of hydrogen-bond acceptors (Lipinski definition) is 9. The van der Waals surface area contributed by atoms with Crippen LogP contribution in [-0.4, -0.2) is 56.0 Å². The molecule has 9 heteroatoms. The monoisotopic (exact) mass is 308 g/mol. The molecule has 0 aromatic carbocycles. The third-order valence-corrected chi connectivity index (χ3v) is 2.17. The van der Waals surface area contributed by atoms with Crippen molar-refractivity contribution in [3.63, 3.8) is 0 Å². The van der Waals surface area contributed by atoms with Crippen molar-refractivity contribution >= 4 is 11.9 Å². The Morgan fingerprint density at radius 3 is 2.00 bits per heavy atom. The van der Waals surface area contributed by atoms with Crippen molar-refractivity contribution in [2.24, 2.45) is 0 Å². The fourth-order valence-electron chi connectivity index (χ4n) is 1.29. The maximum Gasteiger partial charge on any atom is 0.335 e. The second-order valence-electron chi connectivity index (χ2n) is 4.23. The van der Waals surface area contributed by atoms with Crippen molar-refractivity contribution in [1.82, 2.24) is 0 Å². The molecule has 0 saturated carbocycles. The molecule has 0 radical (unpaired) electrons. The minimum atomic E-state index is -2.83. The van der Waals surface area contributed by atoms with Gasteiger partial charge in [0.15, 0.2) is 0 Å². The molecule has 0 spiro atoms.